The van der Waals surface area contributed by atoms with Gasteiger partial charge in [-0.3, -0.25) is 24.0 Å². The van der Waals surface area contributed by atoms with E-state index in [1.54, 1.807) is 0 Å². The first-order valence-electron chi connectivity index (χ1n) is 9.84. The summed E-state index contributed by atoms with van der Waals surface area (Å²) >= 11 is 0. The molecule has 1 aromatic heterocycles. The maximum atomic E-state index is 12.9. The van der Waals surface area contributed by atoms with Crippen LogP contribution < -0.4 is 33.2 Å². The average Bonchev–Trinajstić information content (AvgIpc) is 3.22. The number of imidazole rings is 1. The van der Waals surface area contributed by atoms with Gasteiger partial charge in [0.2, 0.25) is 29.5 Å². The third-order valence-electron chi connectivity index (χ3n) is 4.36. The molecule has 0 aromatic carbocycles. The number of rotatable bonds is 14. The molecule has 15 heteroatoms. The summed E-state index contributed by atoms with van der Waals surface area (Å²) in [7, 11) is 0. The molecule has 5 amide bonds. The van der Waals surface area contributed by atoms with Crippen molar-refractivity contribution in [1.82, 2.24) is 25.9 Å². The van der Waals surface area contributed by atoms with Crippen molar-refractivity contribution in [2.75, 3.05) is 0 Å². The van der Waals surface area contributed by atoms with Crippen molar-refractivity contribution in [2.45, 2.75) is 56.8 Å². The monoisotopic (exact) mass is 468 g/mol. The van der Waals surface area contributed by atoms with E-state index in [9.17, 15) is 33.9 Å². The molecule has 0 aliphatic carbocycles. The Labute approximate surface area is 188 Å². The normalized spacial score (nSPS) is 14.2. The lowest BCUT2D eigenvalue weighted by Gasteiger charge is -2.24. The van der Waals surface area contributed by atoms with E-state index in [4.69, 9.17) is 17.2 Å². The predicted molar refractivity (Wildman–Crippen MR) is 112 cm³/mol. The highest BCUT2D eigenvalue weighted by molar-refractivity contribution is 5.95. The Morgan fingerprint density at radius 1 is 0.970 bits per heavy atom. The molecule has 0 aliphatic rings. The van der Waals surface area contributed by atoms with Crippen molar-refractivity contribution < 1.29 is 33.9 Å². The van der Waals surface area contributed by atoms with Crippen molar-refractivity contribution in [3.63, 3.8) is 0 Å². The summed E-state index contributed by atoms with van der Waals surface area (Å²) in [5, 5.41) is 16.1. The van der Waals surface area contributed by atoms with Gasteiger partial charge in [-0.25, -0.2) is 9.78 Å². The van der Waals surface area contributed by atoms with E-state index in [-0.39, 0.29) is 19.3 Å². The van der Waals surface area contributed by atoms with Crippen LogP contribution in [0.25, 0.3) is 0 Å². The Hall–Kier alpha value is -4.01. The number of H-pyrrole nitrogens is 1. The van der Waals surface area contributed by atoms with Gasteiger partial charge in [0.25, 0.3) is 0 Å². The van der Waals surface area contributed by atoms with Crippen LogP contribution in [0.1, 0.15) is 31.9 Å². The quantitative estimate of drug-likeness (QED) is 0.132. The predicted octanol–water partition coefficient (Wildman–Crippen LogP) is -4.02. The number of carbonyl (C=O) groups excluding carboxylic acids is 5. The number of carboxylic acids is 1. The lowest BCUT2D eigenvalue weighted by atomic mass is 10.1. The summed E-state index contributed by atoms with van der Waals surface area (Å²) in [5.74, 6) is -5.71. The van der Waals surface area contributed by atoms with Gasteiger partial charge in [-0.15, -0.1) is 0 Å². The lowest BCUT2D eigenvalue weighted by molar-refractivity contribution is -0.144. The van der Waals surface area contributed by atoms with Crippen LogP contribution >= 0.6 is 0 Å². The largest absolute Gasteiger partial charge is 0.480 e. The van der Waals surface area contributed by atoms with Crippen molar-refractivity contribution in [3.05, 3.63) is 18.2 Å². The number of nitrogens with zero attached hydrogens (tertiary/aromatic N) is 1. The Balaban J connectivity index is 3.05. The fraction of sp³-hybridized carbons (Fsp3) is 0.500. The number of hydrogen-bond donors (Lipinski definition) is 8. The number of aliphatic carboxylic acids is 1. The fourth-order valence-electron chi connectivity index (χ4n) is 2.63. The average molecular weight is 468 g/mol. The van der Waals surface area contributed by atoms with Crippen molar-refractivity contribution in [3.8, 4) is 0 Å². The van der Waals surface area contributed by atoms with Crippen LogP contribution in [0.5, 0.6) is 0 Å². The van der Waals surface area contributed by atoms with E-state index in [2.05, 4.69) is 25.9 Å². The van der Waals surface area contributed by atoms with Gasteiger partial charge in [0.15, 0.2) is 0 Å². The van der Waals surface area contributed by atoms with Gasteiger partial charge in [0.1, 0.15) is 18.1 Å². The van der Waals surface area contributed by atoms with Gasteiger partial charge >= 0.3 is 5.97 Å². The number of aromatic amines is 1. The van der Waals surface area contributed by atoms with Crippen LogP contribution in [0, 0.1) is 0 Å². The third-order valence-corrected chi connectivity index (χ3v) is 4.36. The molecule has 1 rings (SSSR count). The lowest BCUT2D eigenvalue weighted by Crippen LogP contribution is -2.57. The van der Waals surface area contributed by atoms with Crippen LogP contribution in [0.4, 0.5) is 0 Å². The minimum absolute atomic E-state index is 0.0339. The van der Waals surface area contributed by atoms with Crippen LogP contribution in [-0.4, -0.2) is 74.7 Å². The molecule has 15 nitrogen and oxygen atoms in total. The van der Waals surface area contributed by atoms with E-state index in [1.165, 1.54) is 19.4 Å². The second-order valence-corrected chi connectivity index (χ2v) is 7.27. The molecule has 0 fully saturated rings. The molecule has 0 radical (unpaired) electrons. The number of carbonyl (C=O) groups is 6. The molecule has 11 N–H and O–H groups in total. The summed E-state index contributed by atoms with van der Waals surface area (Å²) in [4.78, 5) is 77.8. The molecule has 4 unspecified atom stereocenters. The summed E-state index contributed by atoms with van der Waals surface area (Å²) < 4.78 is 0. The zero-order valence-corrected chi connectivity index (χ0v) is 17.9. The van der Waals surface area contributed by atoms with Gasteiger partial charge in [0, 0.05) is 24.7 Å². The molecule has 1 aromatic rings. The Kier molecular flexibility index (Phi) is 10.4. The first-order chi connectivity index (χ1) is 15.4. The first-order valence-corrected chi connectivity index (χ1v) is 9.84. The summed E-state index contributed by atoms with van der Waals surface area (Å²) in [6.45, 7) is 1.41. The van der Waals surface area contributed by atoms with Gasteiger partial charge in [-0.05, 0) is 13.3 Å². The van der Waals surface area contributed by atoms with Crippen molar-refractivity contribution >= 4 is 35.5 Å². The molecule has 182 valence electrons. The number of primary amides is 2. The van der Waals surface area contributed by atoms with E-state index >= 15 is 0 Å². The van der Waals surface area contributed by atoms with Crippen molar-refractivity contribution in [2.24, 2.45) is 17.2 Å². The van der Waals surface area contributed by atoms with Crippen LogP contribution in [0.3, 0.4) is 0 Å². The summed E-state index contributed by atoms with van der Waals surface area (Å²) in [6.07, 6.45) is 1.48. The number of carboxylic acid groups (broad SMARTS) is 1. The summed E-state index contributed by atoms with van der Waals surface area (Å²) in [6, 6.07) is -5.17. The number of amides is 5. The van der Waals surface area contributed by atoms with Crippen LogP contribution in [-0.2, 0) is 35.2 Å². The molecule has 0 bridgehead atoms. The number of aromatic nitrogens is 2. The Bertz CT molecular complexity index is 871. The SMILES string of the molecule is CC(N)C(=O)NC(Cc1cnc[nH]1)C(=O)NC(CCC(N)=O)C(=O)NC(CC(N)=O)C(=O)O. The standard InChI is InChI=1S/C18H28N8O7/c1-8(19)15(29)25-11(4-9-6-22-7-23-9)17(31)24-10(2-3-13(20)27)16(30)26-12(18(32)33)5-14(21)28/h6-8,10-12H,2-5,19H2,1H3,(H2,20,27)(H2,21,28)(H,22,23)(H,24,31)(H,25,29)(H,26,30)(H,32,33). The number of nitrogens with one attached hydrogen (secondary N) is 4. The molecule has 4 atom stereocenters. The minimum Gasteiger partial charge on any atom is -0.480 e. The third kappa shape index (κ3) is 9.77. The molecule has 0 saturated heterocycles. The molecule has 1 heterocycles. The first kappa shape index (κ1) is 27.0. The number of hydrogen-bond acceptors (Lipinski definition) is 8. The highest BCUT2D eigenvalue weighted by atomic mass is 16.4. The topological polar surface area (TPSA) is 265 Å². The molecule has 0 saturated carbocycles. The molecule has 0 aliphatic heterocycles. The van der Waals surface area contributed by atoms with E-state index in [0.29, 0.717) is 5.69 Å². The molecule has 33 heavy (non-hydrogen) atoms. The fourth-order valence-corrected chi connectivity index (χ4v) is 2.63. The van der Waals surface area contributed by atoms with Crippen LogP contribution in [0.2, 0.25) is 0 Å². The van der Waals surface area contributed by atoms with Crippen LogP contribution in [0.15, 0.2) is 12.5 Å². The van der Waals surface area contributed by atoms with Gasteiger partial charge < -0.3 is 43.2 Å². The number of nitrogens with two attached hydrogens (primary N) is 3. The molecular weight excluding hydrogens is 440 g/mol. The molecular formula is C18H28N8O7. The maximum Gasteiger partial charge on any atom is 0.326 e. The highest BCUT2D eigenvalue weighted by Crippen LogP contribution is 2.04. The summed E-state index contributed by atoms with van der Waals surface area (Å²) in [5.41, 5.74) is 16.1. The second-order valence-electron chi connectivity index (χ2n) is 7.27. The Morgan fingerprint density at radius 2 is 1.55 bits per heavy atom. The van der Waals surface area contributed by atoms with E-state index < -0.39 is 66.1 Å². The van der Waals surface area contributed by atoms with Gasteiger partial charge in [-0.1, -0.05) is 0 Å². The van der Waals surface area contributed by atoms with Crippen molar-refractivity contribution in [1.29, 1.82) is 0 Å². The second kappa shape index (κ2) is 12.7. The zero-order chi connectivity index (χ0) is 25.1. The Morgan fingerprint density at radius 3 is 2.03 bits per heavy atom. The van der Waals surface area contributed by atoms with E-state index in [1.807, 2.05) is 0 Å². The zero-order valence-electron chi connectivity index (χ0n) is 17.9. The molecule has 0 spiro atoms. The minimum atomic E-state index is -1.65. The van der Waals surface area contributed by atoms with Gasteiger partial charge in [0.05, 0.1) is 18.8 Å². The maximum absolute atomic E-state index is 12.9. The smallest absolute Gasteiger partial charge is 0.326 e. The highest BCUT2D eigenvalue weighted by Gasteiger charge is 2.31. The van der Waals surface area contributed by atoms with Gasteiger partial charge in [-0.2, -0.15) is 0 Å². The van der Waals surface area contributed by atoms with E-state index in [0.717, 1.165) is 0 Å².